The molecule has 0 radical (unpaired) electrons. The fraction of sp³-hybridized carbons (Fsp3) is 0.692. The first-order valence-electron chi connectivity index (χ1n) is 6.73. The molecule has 2 aliphatic carbocycles. The van der Waals surface area contributed by atoms with Crippen LogP contribution in [0.2, 0.25) is 0 Å². The van der Waals surface area contributed by atoms with Crippen LogP contribution in [-0.2, 0) is 0 Å². The van der Waals surface area contributed by atoms with E-state index in [1.54, 1.807) is 17.0 Å². The van der Waals surface area contributed by atoms with Crippen molar-refractivity contribution in [2.45, 2.75) is 44.2 Å². The fourth-order valence-corrected chi connectivity index (χ4v) is 2.70. The van der Waals surface area contributed by atoms with Crippen molar-refractivity contribution in [1.82, 2.24) is 9.55 Å². The molecule has 0 saturated heterocycles. The van der Waals surface area contributed by atoms with Crippen molar-refractivity contribution in [3.05, 3.63) is 22.7 Å². The molecule has 0 spiro atoms. The van der Waals surface area contributed by atoms with Gasteiger partial charge in [0.2, 0.25) is 0 Å². The van der Waals surface area contributed by atoms with Crippen LogP contribution in [0.1, 0.15) is 38.1 Å². The third-order valence-electron chi connectivity index (χ3n) is 3.93. The normalized spacial score (nSPS) is 27.4. The molecule has 0 bridgehead atoms. The van der Waals surface area contributed by atoms with Crippen molar-refractivity contribution in [1.29, 1.82) is 0 Å². The molecule has 2 saturated carbocycles. The zero-order valence-electron chi connectivity index (χ0n) is 10.4. The second-order valence-electron chi connectivity index (χ2n) is 5.26. The Bertz CT molecular complexity index is 481. The van der Waals surface area contributed by atoms with Gasteiger partial charge in [0.25, 0.3) is 5.88 Å². The van der Waals surface area contributed by atoms with Gasteiger partial charge in [0.15, 0.2) is 0 Å². The standard InChI is InChI=1S/C13H19N3O2/c14-8-9-2-1-3-11(9)18-12-13(17)16(7-6-15-12)10-4-5-10/h6-7,9-11H,1-5,8,14H2. The second kappa shape index (κ2) is 4.72. The summed E-state index contributed by atoms with van der Waals surface area (Å²) in [5.41, 5.74) is 5.63. The SMILES string of the molecule is NCC1CCCC1Oc1nccn(C2CC2)c1=O. The lowest BCUT2D eigenvalue weighted by Crippen LogP contribution is -2.31. The largest absolute Gasteiger partial charge is 0.470 e. The molecule has 5 heteroatoms. The lowest BCUT2D eigenvalue weighted by Gasteiger charge is -2.19. The van der Waals surface area contributed by atoms with Gasteiger partial charge in [-0.15, -0.1) is 0 Å². The first-order chi connectivity index (χ1) is 8.79. The minimum Gasteiger partial charge on any atom is -0.470 e. The molecule has 3 rings (SSSR count). The van der Waals surface area contributed by atoms with Gasteiger partial charge < -0.3 is 15.0 Å². The third-order valence-corrected chi connectivity index (χ3v) is 3.93. The van der Waals surface area contributed by atoms with Crippen LogP contribution in [0.25, 0.3) is 0 Å². The summed E-state index contributed by atoms with van der Waals surface area (Å²) in [6, 6.07) is 0.358. The van der Waals surface area contributed by atoms with E-state index in [0.29, 0.717) is 18.5 Å². The highest BCUT2D eigenvalue weighted by Gasteiger charge is 2.30. The molecule has 98 valence electrons. The first-order valence-corrected chi connectivity index (χ1v) is 6.73. The second-order valence-corrected chi connectivity index (χ2v) is 5.26. The Morgan fingerprint density at radius 3 is 2.94 bits per heavy atom. The van der Waals surface area contributed by atoms with Gasteiger partial charge in [-0.25, -0.2) is 4.98 Å². The Balaban J connectivity index is 1.80. The molecule has 2 atom stereocenters. The van der Waals surface area contributed by atoms with E-state index < -0.39 is 0 Å². The summed E-state index contributed by atoms with van der Waals surface area (Å²) < 4.78 is 7.55. The zero-order chi connectivity index (χ0) is 12.5. The van der Waals surface area contributed by atoms with E-state index in [4.69, 9.17) is 10.5 Å². The van der Waals surface area contributed by atoms with Crippen LogP contribution in [-0.4, -0.2) is 22.2 Å². The molecule has 2 aliphatic rings. The summed E-state index contributed by atoms with van der Waals surface area (Å²) in [6.45, 7) is 0.619. The van der Waals surface area contributed by atoms with E-state index in [9.17, 15) is 4.79 Å². The summed E-state index contributed by atoms with van der Waals surface area (Å²) in [5.74, 6) is 0.607. The van der Waals surface area contributed by atoms with Crippen molar-refractivity contribution in [2.75, 3.05) is 6.54 Å². The summed E-state index contributed by atoms with van der Waals surface area (Å²) >= 11 is 0. The van der Waals surface area contributed by atoms with Gasteiger partial charge in [-0.1, -0.05) is 0 Å². The monoisotopic (exact) mass is 249 g/mol. The predicted octanol–water partition coefficient (Wildman–Crippen LogP) is 1.08. The molecule has 1 heterocycles. The van der Waals surface area contributed by atoms with Gasteiger partial charge in [-0.05, 0) is 38.6 Å². The number of nitrogens with zero attached hydrogens (tertiary/aromatic N) is 2. The van der Waals surface area contributed by atoms with Gasteiger partial charge in [0.05, 0.1) is 0 Å². The van der Waals surface area contributed by atoms with Crippen LogP contribution in [0.4, 0.5) is 0 Å². The Hall–Kier alpha value is -1.36. The number of rotatable bonds is 4. The number of hydrogen-bond donors (Lipinski definition) is 1. The van der Waals surface area contributed by atoms with Crippen LogP contribution < -0.4 is 16.0 Å². The van der Waals surface area contributed by atoms with Crippen molar-refractivity contribution in [2.24, 2.45) is 11.7 Å². The van der Waals surface area contributed by atoms with Gasteiger partial charge in [0, 0.05) is 24.4 Å². The maximum atomic E-state index is 12.2. The molecule has 2 fully saturated rings. The Kier molecular flexibility index (Phi) is 3.07. The van der Waals surface area contributed by atoms with Crippen LogP contribution in [0.5, 0.6) is 5.88 Å². The van der Waals surface area contributed by atoms with Gasteiger partial charge >= 0.3 is 5.56 Å². The number of ether oxygens (including phenoxy) is 1. The molecule has 18 heavy (non-hydrogen) atoms. The van der Waals surface area contributed by atoms with Crippen molar-refractivity contribution in [3.63, 3.8) is 0 Å². The molecule has 5 nitrogen and oxygen atoms in total. The quantitative estimate of drug-likeness (QED) is 0.867. The molecule has 1 aromatic rings. The third kappa shape index (κ3) is 2.14. The Labute approximate surface area is 106 Å². The summed E-state index contributed by atoms with van der Waals surface area (Å²) in [7, 11) is 0. The van der Waals surface area contributed by atoms with Crippen molar-refractivity contribution < 1.29 is 4.74 Å². The first kappa shape index (κ1) is 11.7. The Morgan fingerprint density at radius 2 is 2.22 bits per heavy atom. The highest BCUT2D eigenvalue weighted by atomic mass is 16.5. The van der Waals surface area contributed by atoms with E-state index >= 15 is 0 Å². The minimum absolute atomic E-state index is 0.0604. The molecule has 0 aliphatic heterocycles. The Morgan fingerprint density at radius 1 is 1.39 bits per heavy atom. The highest BCUT2D eigenvalue weighted by molar-refractivity contribution is 5.08. The van der Waals surface area contributed by atoms with Crippen LogP contribution in [0, 0.1) is 5.92 Å². The van der Waals surface area contributed by atoms with E-state index in [1.165, 1.54) is 0 Å². The van der Waals surface area contributed by atoms with Crippen LogP contribution in [0.3, 0.4) is 0 Å². The smallest absolute Gasteiger partial charge is 0.313 e. The van der Waals surface area contributed by atoms with E-state index in [0.717, 1.165) is 32.1 Å². The number of hydrogen-bond acceptors (Lipinski definition) is 4. The molecular formula is C13H19N3O2. The molecule has 2 unspecified atom stereocenters. The number of nitrogens with two attached hydrogens (primary N) is 1. The molecular weight excluding hydrogens is 230 g/mol. The summed E-state index contributed by atoms with van der Waals surface area (Å²) in [4.78, 5) is 16.3. The van der Waals surface area contributed by atoms with Gasteiger partial charge in [0.1, 0.15) is 6.10 Å². The lowest BCUT2D eigenvalue weighted by molar-refractivity contribution is 0.152. The molecule has 0 amide bonds. The maximum Gasteiger partial charge on any atom is 0.313 e. The summed E-state index contributed by atoms with van der Waals surface area (Å²) in [6.07, 6.45) is 8.81. The lowest BCUT2D eigenvalue weighted by atomic mass is 10.1. The average molecular weight is 249 g/mol. The highest BCUT2D eigenvalue weighted by Crippen LogP contribution is 2.33. The van der Waals surface area contributed by atoms with Crippen molar-refractivity contribution in [3.8, 4) is 5.88 Å². The minimum atomic E-state index is -0.0947. The molecule has 0 aromatic carbocycles. The topological polar surface area (TPSA) is 70.1 Å². The summed E-state index contributed by atoms with van der Waals surface area (Å²) in [5, 5.41) is 0. The van der Waals surface area contributed by atoms with E-state index in [1.807, 2.05) is 0 Å². The van der Waals surface area contributed by atoms with E-state index in [2.05, 4.69) is 4.98 Å². The van der Waals surface area contributed by atoms with Crippen molar-refractivity contribution >= 4 is 0 Å². The van der Waals surface area contributed by atoms with Gasteiger partial charge in [-0.3, -0.25) is 4.79 Å². The number of aromatic nitrogens is 2. The maximum absolute atomic E-state index is 12.2. The zero-order valence-corrected chi connectivity index (χ0v) is 10.4. The molecule has 1 aromatic heterocycles. The van der Waals surface area contributed by atoms with Crippen LogP contribution in [0.15, 0.2) is 17.2 Å². The van der Waals surface area contributed by atoms with Gasteiger partial charge in [-0.2, -0.15) is 0 Å². The predicted molar refractivity (Wildman–Crippen MR) is 67.6 cm³/mol. The molecule has 2 N–H and O–H groups in total. The van der Waals surface area contributed by atoms with Crippen LogP contribution >= 0.6 is 0 Å². The fourth-order valence-electron chi connectivity index (χ4n) is 2.70. The van der Waals surface area contributed by atoms with E-state index in [-0.39, 0.29) is 17.5 Å². The average Bonchev–Trinajstić information content (AvgIpc) is 3.12.